The van der Waals surface area contributed by atoms with Gasteiger partial charge in [-0.3, -0.25) is 4.90 Å². The molecule has 0 N–H and O–H groups in total. The van der Waals surface area contributed by atoms with E-state index in [2.05, 4.69) is 32.6 Å². The van der Waals surface area contributed by atoms with Crippen LogP contribution in [0.4, 0.5) is 0 Å². The average molecular weight is 225 g/mol. The van der Waals surface area contributed by atoms with E-state index < -0.39 is 0 Å². The molecule has 1 rings (SSSR count). The zero-order chi connectivity index (χ0) is 12.0. The zero-order valence-corrected chi connectivity index (χ0v) is 11.8. The molecule has 1 aliphatic heterocycles. The summed E-state index contributed by atoms with van der Waals surface area (Å²) < 4.78 is 0. The summed E-state index contributed by atoms with van der Waals surface area (Å²) in [5.74, 6) is 0.807. The SMILES string of the molecule is CC(C)[C@@H]1CCCCCCCCN1C(C)C. The second-order valence-corrected chi connectivity index (χ2v) is 6.05. The highest BCUT2D eigenvalue weighted by molar-refractivity contribution is 4.78. The van der Waals surface area contributed by atoms with Crippen LogP contribution in [0.1, 0.15) is 72.6 Å². The molecule has 1 heterocycles. The summed E-state index contributed by atoms with van der Waals surface area (Å²) in [5.41, 5.74) is 0. The predicted molar refractivity (Wildman–Crippen MR) is 72.8 cm³/mol. The van der Waals surface area contributed by atoms with E-state index in [4.69, 9.17) is 0 Å². The molecule has 96 valence electrons. The highest BCUT2D eigenvalue weighted by Crippen LogP contribution is 2.23. The number of rotatable bonds is 2. The molecule has 1 heteroatoms. The highest BCUT2D eigenvalue weighted by Gasteiger charge is 2.23. The lowest BCUT2D eigenvalue weighted by Crippen LogP contribution is -2.44. The minimum absolute atomic E-state index is 0.715. The molecule has 0 amide bonds. The van der Waals surface area contributed by atoms with Crippen LogP contribution in [0.15, 0.2) is 0 Å². The highest BCUT2D eigenvalue weighted by atomic mass is 15.2. The summed E-state index contributed by atoms with van der Waals surface area (Å²) in [5, 5.41) is 0. The van der Waals surface area contributed by atoms with Crippen molar-refractivity contribution in [1.82, 2.24) is 4.90 Å². The van der Waals surface area contributed by atoms with E-state index in [1.165, 1.54) is 51.5 Å². The van der Waals surface area contributed by atoms with Crippen molar-refractivity contribution < 1.29 is 0 Å². The summed E-state index contributed by atoms with van der Waals surface area (Å²) in [6.45, 7) is 10.8. The minimum atomic E-state index is 0.715. The Kier molecular flexibility index (Phi) is 6.41. The van der Waals surface area contributed by atoms with E-state index in [9.17, 15) is 0 Å². The fourth-order valence-corrected chi connectivity index (χ4v) is 3.04. The maximum atomic E-state index is 2.76. The van der Waals surface area contributed by atoms with Gasteiger partial charge in [0.2, 0.25) is 0 Å². The molecule has 0 aromatic heterocycles. The standard InChI is InChI=1S/C15H31N/c1-13(2)15-11-9-7-5-6-8-10-12-16(15)14(3)4/h13-15H,5-12H2,1-4H3/t15-/m0/s1. The molecule has 1 fully saturated rings. The van der Waals surface area contributed by atoms with E-state index in [0.29, 0.717) is 6.04 Å². The molecule has 0 radical (unpaired) electrons. The molecule has 1 aliphatic rings. The average Bonchev–Trinajstić information content (AvgIpc) is 2.24. The largest absolute Gasteiger partial charge is 0.298 e. The van der Waals surface area contributed by atoms with Crippen molar-refractivity contribution in [3.8, 4) is 0 Å². The second-order valence-electron chi connectivity index (χ2n) is 6.05. The Morgan fingerprint density at radius 2 is 1.38 bits per heavy atom. The van der Waals surface area contributed by atoms with Crippen molar-refractivity contribution in [1.29, 1.82) is 0 Å². The number of hydrogen-bond donors (Lipinski definition) is 0. The maximum absolute atomic E-state index is 2.76. The van der Waals surface area contributed by atoms with Gasteiger partial charge in [0.05, 0.1) is 0 Å². The van der Waals surface area contributed by atoms with Crippen LogP contribution < -0.4 is 0 Å². The lowest BCUT2D eigenvalue weighted by atomic mass is 9.93. The van der Waals surface area contributed by atoms with Gasteiger partial charge >= 0.3 is 0 Å². The van der Waals surface area contributed by atoms with Gasteiger partial charge in [-0.2, -0.15) is 0 Å². The van der Waals surface area contributed by atoms with Gasteiger partial charge in [-0.25, -0.2) is 0 Å². The molecule has 1 nitrogen and oxygen atoms in total. The summed E-state index contributed by atoms with van der Waals surface area (Å²) in [6, 6.07) is 1.53. The third kappa shape index (κ3) is 4.45. The first-order chi connectivity index (χ1) is 7.63. The Labute approximate surface area is 103 Å². The van der Waals surface area contributed by atoms with Crippen LogP contribution in [0.3, 0.4) is 0 Å². The Morgan fingerprint density at radius 3 is 1.94 bits per heavy atom. The maximum Gasteiger partial charge on any atom is 0.0121 e. The van der Waals surface area contributed by atoms with E-state index >= 15 is 0 Å². The summed E-state index contributed by atoms with van der Waals surface area (Å²) in [6.07, 6.45) is 10.1. The van der Waals surface area contributed by atoms with Gasteiger partial charge < -0.3 is 0 Å². The van der Waals surface area contributed by atoms with Crippen LogP contribution in [0.5, 0.6) is 0 Å². The van der Waals surface area contributed by atoms with Crippen molar-refractivity contribution >= 4 is 0 Å². The first kappa shape index (κ1) is 14.0. The molecule has 0 spiro atoms. The molecule has 0 saturated carbocycles. The first-order valence-corrected chi connectivity index (χ1v) is 7.38. The Morgan fingerprint density at radius 1 is 0.812 bits per heavy atom. The lowest BCUT2D eigenvalue weighted by Gasteiger charge is -2.38. The lowest BCUT2D eigenvalue weighted by molar-refractivity contribution is 0.103. The molecule has 0 aliphatic carbocycles. The monoisotopic (exact) mass is 225 g/mol. The van der Waals surface area contributed by atoms with E-state index in [-0.39, 0.29) is 0 Å². The number of nitrogens with zero attached hydrogens (tertiary/aromatic N) is 1. The molecule has 0 aromatic carbocycles. The van der Waals surface area contributed by atoms with Crippen molar-refractivity contribution in [2.75, 3.05) is 6.54 Å². The molecule has 16 heavy (non-hydrogen) atoms. The van der Waals surface area contributed by atoms with E-state index in [1.54, 1.807) is 0 Å². The normalized spacial score (nSPS) is 26.2. The van der Waals surface area contributed by atoms with Crippen LogP contribution in [0.2, 0.25) is 0 Å². The third-order valence-electron chi connectivity index (χ3n) is 4.03. The van der Waals surface area contributed by atoms with Gasteiger partial charge in [0.15, 0.2) is 0 Å². The van der Waals surface area contributed by atoms with Crippen LogP contribution >= 0.6 is 0 Å². The summed E-state index contributed by atoms with van der Waals surface area (Å²) >= 11 is 0. The first-order valence-electron chi connectivity index (χ1n) is 7.38. The fourth-order valence-electron chi connectivity index (χ4n) is 3.04. The van der Waals surface area contributed by atoms with E-state index in [0.717, 1.165) is 12.0 Å². The van der Waals surface area contributed by atoms with Gasteiger partial charge in [0.1, 0.15) is 0 Å². The predicted octanol–water partition coefficient (Wildman–Crippen LogP) is 4.47. The fraction of sp³-hybridized carbons (Fsp3) is 1.00. The number of hydrogen-bond acceptors (Lipinski definition) is 1. The van der Waals surface area contributed by atoms with Crippen LogP contribution in [-0.4, -0.2) is 23.5 Å². The van der Waals surface area contributed by atoms with Crippen molar-refractivity contribution in [2.24, 2.45) is 5.92 Å². The molecule has 1 atom stereocenters. The topological polar surface area (TPSA) is 3.24 Å². The van der Waals surface area contributed by atoms with Crippen LogP contribution in [0, 0.1) is 5.92 Å². The minimum Gasteiger partial charge on any atom is -0.298 e. The Hall–Kier alpha value is -0.0400. The molecule has 1 saturated heterocycles. The molecular weight excluding hydrogens is 194 g/mol. The third-order valence-corrected chi connectivity index (χ3v) is 4.03. The van der Waals surface area contributed by atoms with Gasteiger partial charge in [0, 0.05) is 12.1 Å². The van der Waals surface area contributed by atoms with Gasteiger partial charge in [-0.1, -0.05) is 46.0 Å². The van der Waals surface area contributed by atoms with Gasteiger partial charge in [0.25, 0.3) is 0 Å². The van der Waals surface area contributed by atoms with Crippen molar-refractivity contribution in [3.63, 3.8) is 0 Å². The summed E-state index contributed by atoms with van der Waals surface area (Å²) in [4.78, 5) is 2.76. The smallest absolute Gasteiger partial charge is 0.0121 e. The molecule has 0 unspecified atom stereocenters. The summed E-state index contributed by atoms with van der Waals surface area (Å²) in [7, 11) is 0. The Bertz CT molecular complexity index is 154. The molecule has 0 bridgehead atoms. The molecular formula is C15H31N. The van der Waals surface area contributed by atoms with Crippen LogP contribution in [0.25, 0.3) is 0 Å². The Balaban J connectivity index is 2.61. The van der Waals surface area contributed by atoms with E-state index in [1.807, 2.05) is 0 Å². The zero-order valence-electron chi connectivity index (χ0n) is 11.8. The van der Waals surface area contributed by atoms with Gasteiger partial charge in [-0.05, 0) is 39.2 Å². The van der Waals surface area contributed by atoms with Crippen molar-refractivity contribution in [2.45, 2.75) is 84.7 Å². The van der Waals surface area contributed by atoms with Gasteiger partial charge in [-0.15, -0.1) is 0 Å². The quantitative estimate of drug-likeness (QED) is 0.670. The molecule has 0 aromatic rings. The second kappa shape index (κ2) is 7.32. The van der Waals surface area contributed by atoms with Crippen molar-refractivity contribution in [3.05, 3.63) is 0 Å². The van der Waals surface area contributed by atoms with Crippen LogP contribution in [-0.2, 0) is 0 Å².